The summed E-state index contributed by atoms with van der Waals surface area (Å²) in [6.07, 6.45) is 1.06. The number of hydrogen-bond donors (Lipinski definition) is 2. The molecule has 4 nitrogen and oxygen atoms in total. The molecule has 25 heavy (non-hydrogen) atoms. The summed E-state index contributed by atoms with van der Waals surface area (Å²) in [7, 11) is 0. The molecule has 1 heterocycles. The first-order chi connectivity index (χ1) is 12.1. The Labute approximate surface area is 153 Å². The number of nitrogens with zero attached hydrogens (tertiary/aromatic N) is 1. The molecule has 2 aromatic carbocycles. The SMILES string of the molecule is CC(C(=O)O)c1ccc(NCCCN2CCSc3ccccc32)cc1. The van der Waals surface area contributed by atoms with E-state index in [9.17, 15) is 4.79 Å². The van der Waals surface area contributed by atoms with Crippen molar-refractivity contribution in [3.63, 3.8) is 0 Å². The van der Waals surface area contributed by atoms with Crippen molar-refractivity contribution >= 4 is 29.1 Å². The number of carboxylic acids is 1. The third kappa shape index (κ3) is 4.48. The van der Waals surface area contributed by atoms with E-state index in [1.165, 1.54) is 10.6 Å². The monoisotopic (exact) mass is 356 g/mol. The Morgan fingerprint density at radius 1 is 1.24 bits per heavy atom. The number of carbonyl (C=O) groups is 1. The zero-order valence-corrected chi connectivity index (χ0v) is 15.3. The van der Waals surface area contributed by atoms with Gasteiger partial charge in [0, 0.05) is 36.0 Å². The number of thioether (sulfide) groups is 1. The van der Waals surface area contributed by atoms with Gasteiger partial charge in [-0.3, -0.25) is 4.79 Å². The summed E-state index contributed by atoms with van der Waals surface area (Å²) >= 11 is 1.94. The molecule has 2 aromatic rings. The lowest BCUT2D eigenvalue weighted by atomic mass is 10.0. The minimum absolute atomic E-state index is 0.467. The number of anilines is 2. The molecule has 3 rings (SSSR count). The first-order valence-electron chi connectivity index (χ1n) is 8.68. The minimum Gasteiger partial charge on any atom is -0.481 e. The average Bonchev–Trinajstić information content (AvgIpc) is 2.65. The van der Waals surface area contributed by atoms with Crippen molar-refractivity contribution in [1.29, 1.82) is 0 Å². The van der Waals surface area contributed by atoms with E-state index in [0.717, 1.165) is 43.1 Å². The van der Waals surface area contributed by atoms with Crippen molar-refractivity contribution in [3.8, 4) is 0 Å². The fourth-order valence-electron chi connectivity index (χ4n) is 2.99. The van der Waals surface area contributed by atoms with Crippen LogP contribution in [0.3, 0.4) is 0 Å². The quantitative estimate of drug-likeness (QED) is 0.725. The smallest absolute Gasteiger partial charge is 0.310 e. The zero-order valence-electron chi connectivity index (χ0n) is 14.4. The van der Waals surface area contributed by atoms with E-state index in [2.05, 4.69) is 34.5 Å². The van der Waals surface area contributed by atoms with Crippen LogP contribution in [-0.4, -0.2) is 36.5 Å². The topological polar surface area (TPSA) is 52.6 Å². The molecular weight excluding hydrogens is 332 g/mol. The molecule has 0 amide bonds. The molecule has 0 aromatic heterocycles. The van der Waals surface area contributed by atoms with Gasteiger partial charge in [-0.1, -0.05) is 24.3 Å². The second kappa shape index (κ2) is 8.30. The zero-order chi connectivity index (χ0) is 17.6. The molecule has 2 N–H and O–H groups in total. The van der Waals surface area contributed by atoms with E-state index < -0.39 is 11.9 Å². The Morgan fingerprint density at radius 2 is 2.00 bits per heavy atom. The van der Waals surface area contributed by atoms with Crippen LogP contribution in [0.5, 0.6) is 0 Å². The van der Waals surface area contributed by atoms with Gasteiger partial charge in [-0.05, 0) is 43.2 Å². The summed E-state index contributed by atoms with van der Waals surface area (Å²) in [6, 6.07) is 16.3. The molecule has 1 aliphatic rings. The number of hydrogen-bond acceptors (Lipinski definition) is 4. The number of para-hydroxylation sites is 1. The van der Waals surface area contributed by atoms with Crippen molar-refractivity contribution in [1.82, 2.24) is 0 Å². The number of carboxylic acid groups (broad SMARTS) is 1. The fraction of sp³-hybridized carbons (Fsp3) is 0.350. The molecule has 0 spiro atoms. The van der Waals surface area contributed by atoms with Gasteiger partial charge in [0.1, 0.15) is 0 Å². The van der Waals surface area contributed by atoms with Crippen LogP contribution in [0.4, 0.5) is 11.4 Å². The van der Waals surface area contributed by atoms with Crippen LogP contribution in [-0.2, 0) is 4.79 Å². The molecule has 0 saturated heterocycles. The highest BCUT2D eigenvalue weighted by molar-refractivity contribution is 7.99. The van der Waals surface area contributed by atoms with Crippen molar-refractivity contribution < 1.29 is 9.90 Å². The first-order valence-corrected chi connectivity index (χ1v) is 9.67. The number of rotatable bonds is 7. The maximum Gasteiger partial charge on any atom is 0.310 e. The van der Waals surface area contributed by atoms with E-state index in [1.807, 2.05) is 36.0 Å². The number of aliphatic carboxylic acids is 1. The van der Waals surface area contributed by atoms with Crippen LogP contribution >= 0.6 is 11.8 Å². The second-order valence-electron chi connectivity index (χ2n) is 6.27. The highest BCUT2D eigenvalue weighted by Gasteiger charge is 2.16. The van der Waals surface area contributed by atoms with Crippen molar-refractivity contribution in [2.75, 3.05) is 35.6 Å². The predicted molar refractivity (Wildman–Crippen MR) is 105 cm³/mol. The second-order valence-corrected chi connectivity index (χ2v) is 7.40. The largest absolute Gasteiger partial charge is 0.481 e. The number of nitrogens with one attached hydrogen (secondary N) is 1. The van der Waals surface area contributed by atoms with Gasteiger partial charge in [0.15, 0.2) is 0 Å². The Morgan fingerprint density at radius 3 is 2.76 bits per heavy atom. The molecule has 0 saturated carbocycles. The highest BCUT2D eigenvalue weighted by atomic mass is 32.2. The van der Waals surface area contributed by atoms with Gasteiger partial charge in [-0.25, -0.2) is 0 Å². The summed E-state index contributed by atoms with van der Waals surface area (Å²) < 4.78 is 0. The third-order valence-corrected chi connectivity index (χ3v) is 5.58. The molecule has 5 heteroatoms. The molecule has 0 radical (unpaired) electrons. The lowest BCUT2D eigenvalue weighted by Gasteiger charge is -2.30. The Kier molecular flexibility index (Phi) is 5.87. The third-order valence-electron chi connectivity index (χ3n) is 4.54. The summed E-state index contributed by atoms with van der Waals surface area (Å²) in [5.41, 5.74) is 3.22. The van der Waals surface area contributed by atoms with Crippen LogP contribution in [0.2, 0.25) is 0 Å². The van der Waals surface area contributed by atoms with E-state index in [1.54, 1.807) is 6.92 Å². The summed E-state index contributed by atoms with van der Waals surface area (Å²) in [5, 5.41) is 12.5. The van der Waals surface area contributed by atoms with Crippen LogP contribution < -0.4 is 10.2 Å². The van der Waals surface area contributed by atoms with Gasteiger partial charge in [-0.2, -0.15) is 0 Å². The van der Waals surface area contributed by atoms with Crippen LogP contribution in [0.15, 0.2) is 53.4 Å². The Bertz CT molecular complexity index is 718. The lowest BCUT2D eigenvalue weighted by molar-refractivity contribution is -0.138. The maximum absolute atomic E-state index is 11.0. The Balaban J connectivity index is 1.47. The molecule has 1 aliphatic heterocycles. The number of fused-ring (bicyclic) bond motifs is 1. The standard InChI is InChI=1S/C20H24N2O2S/c1-15(20(23)24)16-7-9-17(10-8-16)21-11-4-12-22-13-14-25-19-6-3-2-5-18(19)22/h2-3,5-10,15,21H,4,11-14H2,1H3,(H,23,24). The summed E-state index contributed by atoms with van der Waals surface area (Å²) in [5.74, 6) is -0.111. The van der Waals surface area contributed by atoms with Gasteiger partial charge < -0.3 is 15.3 Å². The van der Waals surface area contributed by atoms with E-state index in [0.29, 0.717) is 0 Å². The van der Waals surface area contributed by atoms with Crippen molar-refractivity contribution in [3.05, 3.63) is 54.1 Å². The average molecular weight is 356 g/mol. The molecule has 0 aliphatic carbocycles. The molecule has 1 atom stereocenters. The van der Waals surface area contributed by atoms with Gasteiger partial charge in [-0.15, -0.1) is 11.8 Å². The molecular formula is C20H24N2O2S. The van der Waals surface area contributed by atoms with Gasteiger partial charge in [0.25, 0.3) is 0 Å². The van der Waals surface area contributed by atoms with Gasteiger partial charge in [0.05, 0.1) is 11.6 Å². The Hall–Kier alpha value is -2.14. The summed E-state index contributed by atoms with van der Waals surface area (Å²) in [4.78, 5) is 14.9. The fourth-order valence-corrected chi connectivity index (χ4v) is 4.05. The molecule has 1 unspecified atom stereocenters. The first kappa shape index (κ1) is 17.7. The van der Waals surface area contributed by atoms with Crippen LogP contribution in [0.1, 0.15) is 24.8 Å². The predicted octanol–water partition coefficient (Wildman–Crippen LogP) is 4.29. The maximum atomic E-state index is 11.0. The van der Waals surface area contributed by atoms with Crippen molar-refractivity contribution in [2.24, 2.45) is 0 Å². The van der Waals surface area contributed by atoms with Crippen LogP contribution in [0, 0.1) is 0 Å². The van der Waals surface area contributed by atoms with Crippen molar-refractivity contribution in [2.45, 2.75) is 24.2 Å². The molecule has 0 fully saturated rings. The normalized spacial score (nSPS) is 14.7. The minimum atomic E-state index is -0.791. The van der Waals surface area contributed by atoms with Crippen LogP contribution in [0.25, 0.3) is 0 Å². The van der Waals surface area contributed by atoms with E-state index in [4.69, 9.17) is 5.11 Å². The number of benzene rings is 2. The van der Waals surface area contributed by atoms with Gasteiger partial charge >= 0.3 is 5.97 Å². The lowest BCUT2D eigenvalue weighted by Crippen LogP contribution is -2.31. The molecule has 0 bridgehead atoms. The highest BCUT2D eigenvalue weighted by Crippen LogP contribution is 2.34. The van der Waals surface area contributed by atoms with E-state index >= 15 is 0 Å². The van der Waals surface area contributed by atoms with E-state index in [-0.39, 0.29) is 0 Å². The molecule has 132 valence electrons. The summed E-state index contributed by atoms with van der Waals surface area (Å²) in [6.45, 7) is 4.75. The van der Waals surface area contributed by atoms with Gasteiger partial charge in [0.2, 0.25) is 0 Å².